The van der Waals surface area contributed by atoms with Crippen LogP contribution in [0.4, 0.5) is 4.79 Å². The summed E-state index contributed by atoms with van der Waals surface area (Å²) >= 11 is 0. The smallest absolute Gasteiger partial charge is 0.314 e. The fourth-order valence-corrected chi connectivity index (χ4v) is 2.75. The molecule has 0 fully saturated rings. The van der Waals surface area contributed by atoms with E-state index in [2.05, 4.69) is 41.8 Å². The topological polar surface area (TPSA) is 84.2 Å². The Bertz CT molecular complexity index is 556. The number of hydrogen-bond donors (Lipinski definition) is 3. The van der Waals surface area contributed by atoms with Crippen LogP contribution in [0.5, 0.6) is 0 Å². The van der Waals surface area contributed by atoms with Gasteiger partial charge >= 0.3 is 6.03 Å². The molecule has 5 nitrogen and oxygen atoms in total. The molecule has 0 unspecified atom stereocenters. The second-order valence-electron chi connectivity index (χ2n) is 7.22. The second kappa shape index (κ2) is 5.99. The zero-order valence-corrected chi connectivity index (χ0v) is 13.5. The Labute approximate surface area is 131 Å². The number of nitrogens with two attached hydrogens (primary N) is 1. The quantitative estimate of drug-likeness (QED) is 0.772. The monoisotopic (exact) mass is 303 g/mol. The highest BCUT2D eigenvalue weighted by atomic mass is 16.2. The summed E-state index contributed by atoms with van der Waals surface area (Å²) in [6, 6.07) is 8.14. The molecule has 0 saturated heterocycles. The van der Waals surface area contributed by atoms with Gasteiger partial charge in [-0.25, -0.2) is 4.79 Å². The van der Waals surface area contributed by atoms with Crippen LogP contribution in [0.1, 0.15) is 31.9 Å². The van der Waals surface area contributed by atoms with Crippen molar-refractivity contribution in [1.29, 1.82) is 0 Å². The molecule has 5 heteroatoms. The molecule has 1 aliphatic rings. The van der Waals surface area contributed by atoms with Crippen LogP contribution in [-0.2, 0) is 17.6 Å². The molecule has 1 aromatic rings. The summed E-state index contributed by atoms with van der Waals surface area (Å²) in [5, 5.41) is 5.63. The SMILES string of the molecule is CC1(CNC(=O)NCC(C)(C)C(N)=O)Cc2ccccc2C1. The summed E-state index contributed by atoms with van der Waals surface area (Å²) in [7, 11) is 0. The van der Waals surface area contributed by atoms with Crippen molar-refractivity contribution < 1.29 is 9.59 Å². The van der Waals surface area contributed by atoms with E-state index in [9.17, 15) is 9.59 Å². The number of rotatable bonds is 5. The molecular weight excluding hydrogens is 278 g/mol. The first kappa shape index (κ1) is 16.3. The van der Waals surface area contributed by atoms with E-state index in [0.717, 1.165) is 12.8 Å². The number of urea groups is 1. The summed E-state index contributed by atoms with van der Waals surface area (Å²) in [5.41, 5.74) is 7.31. The summed E-state index contributed by atoms with van der Waals surface area (Å²) in [5.74, 6) is -0.425. The van der Waals surface area contributed by atoms with Gasteiger partial charge in [-0.05, 0) is 43.2 Å². The van der Waals surface area contributed by atoms with Gasteiger partial charge in [0.1, 0.15) is 0 Å². The maximum atomic E-state index is 11.9. The number of amides is 3. The maximum absolute atomic E-state index is 11.9. The molecule has 1 aliphatic carbocycles. The van der Waals surface area contributed by atoms with Gasteiger partial charge in [-0.3, -0.25) is 4.79 Å². The number of benzene rings is 1. The first-order valence-corrected chi connectivity index (χ1v) is 7.60. The predicted molar refractivity (Wildman–Crippen MR) is 86.3 cm³/mol. The third kappa shape index (κ3) is 3.78. The molecule has 0 bridgehead atoms. The van der Waals surface area contributed by atoms with E-state index >= 15 is 0 Å². The molecular formula is C17H25N3O2. The van der Waals surface area contributed by atoms with Crippen LogP contribution in [0.15, 0.2) is 24.3 Å². The number of hydrogen-bond acceptors (Lipinski definition) is 2. The molecule has 1 aromatic carbocycles. The minimum Gasteiger partial charge on any atom is -0.369 e. The van der Waals surface area contributed by atoms with E-state index in [-0.39, 0.29) is 18.0 Å². The van der Waals surface area contributed by atoms with Gasteiger partial charge in [0.2, 0.25) is 5.91 Å². The molecule has 0 radical (unpaired) electrons. The summed E-state index contributed by atoms with van der Waals surface area (Å²) < 4.78 is 0. The Morgan fingerprint density at radius 3 is 2.23 bits per heavy atom. The fraction of sp³-hybridized carbons (Fsp3) is 0.529. The van der Waals surface area contributed by atoms with Crippen LogP contribution in [0.25, 0.3) is 0 Å². The molecule has 2 rings (SSSR count). The molecule has 4 N–H and O–H groups in total. The van der Waals surface area contributed by atoms with Gasteiger partial charge in [0.15, 0.2) is 0 Å². The van der Waals surface area contributed by atoms with Crippen molar-refractivity contribution in [3.05, 3.63) is 35.4 Å². The molecule has 120 valence electrons. The van der Waals surface area contributed by atoms with Crippen LogP contribution in [0, 0.1) is 10.8 Å². The van der Waals surface area contributed by atoms with Gasteiger partial charge in [-0.2, -0.15) is 0 Å². The first-order valence-electron chi connectivity index (χ1n) is 7.60. The zero-order chi connectivity index (χ0) is 16.4. The largest absolute Gasteiger partial charge is 0.369 e. The lowest BCUT2D eigenvalue weighted by molar-refractivity contribution is -0.125. The van der Waals surface area contributed by atoms with Crippen molar-refractivity contribution in [2.45, 2.75) is 33.6 Å². The first-order chi connectivity index (χ1) is 10.2. The third-order valence-corrected chi connectivity index (χ3v) is 4.39. The molecule has 0 aliphatic heterocycles. The number of carbonyl (C=O) groups excluding carboxylic acids is 2. The van der Waals surface area contributed by atoms with Crippen LogP contribution in [0.2, 0.25) is 0 Å². The Kier molecular flexibility index (Phi) is 4.44. The molecule has 3 amide bonds. The fourth-order valence-electron chi connectivity index (χ4n) is 2.75. The van der Waals surface area contributed by atoms with Crippen molar-refractivity contribution in [3.8, 4) is 0 Å². The van der Waals surface area contributed by atoms with Gasteiger partial charge in [-0.15, -0.1) is 0 Å². The summed E-state index contributed by atoms with van der Waals surface area (Å²) in [4.78, 5) is 23.1. The van der Waals surface area contributed by atoms with Gasteiger partial charge in [-0.1, -0.05) is 31.2 Å². The molecule has 0 saturated carbocycles. The van der Waals surface area contributed by atoms with Crippen molar-refractivity contribution in [2.24, 2.45) is 16.6 Å². The zero-order valence-electron chi connectivity index (χ0n) is 13.5. The predicted octanol–water partition coefficient (Wildman–Crippen LogP) is 1.60. The number of primary amides is 1. The van der Waals surface area contributed by atoms with Gasteiger partial charge in [0, 0.05) is 13.1 Å². The van der Waals surface area contributed by atoms with E-state index in [1.54, 1.807) is 13.8 Å². The van der Waals surface area contributed by atoms with E-state index in [1.807, 2.05) is 0 Å². The lowest BCUT2D eigenvalue weighted by atomic mass is 9.87. The Balaban J connectivity index is 1.81. The Morgan fingerprint density at radius 2 is 1.73 bits per heavy atom. The lowest BCUT2D eigenvalue weighted by Crippen LogP contribution is -2.47. The average molecular weight is 303 g/mol. The van der Waals surface area contributed by atoms with Gasteiger partial charge in [0.25, 0.3) is 0 Å². The second-order valence-corrected chi connectivity index (χ2v) is 7.22. The molecule has 0 spiro atoms. The van der Waals surface area contributed by atoms with E-state index in [1.165, 1.54) is 11.1 Å². The van der Waals surface area contributed by atoms with Crippen molar-refractivity contribution in [3.63, 3.8) is 0 Å². The Morgan fingerprint density at radius 1 is 1.18 bits per heavy atom. The van der Waals surface area contributed by atoms with Crippen LogP contribution < -0.4 is 16.4 Å². The average Bonchev–Trinajstić information content (AvgIpc) is 2.79. The highest BCUT2D eigenvalue weighted by Gasteiger charge is 2.33. The van der Waals surface area contributed by atoms with Crippen molar-refractivity contribution >= 4 is 11.9 Å². The Hall–Kier alpha value is -2.04. The molecule has 0 heterocycles. The van der Waals surface area contributed by atoms with Crippen LogP contribution in [0.3, 0.4) is 0 Å². The van der Waals surface area contributed by atoms with Gasteiger partial charge < -0.3 is 16.4 Å². The van der Waals surface area contributed by atoms with Crippen molar-refractivity contribution in [1.82, 2.24) is 10.6 Å². The van der Waals surface area contributed by atoms with Crippen LogP contribution >= 0.6 is 0 Å². The number of carbonyl (C=O) groups is 2. The van der Waals surface area contributed by atoms with E-state index < -0.39 is 11.3 Å². The van der Waals surface area contributed by atoms with E-state index in [0.29, 0.717) is 6.54 Å². The lowest BCUT2D eigenvalue weighted by Gasteiger charge is -2.25. The third-order valence-electron chi connectivity index (χ3n) is 4.39. The highest BCUT2D eigenvalue weighted by molar-refractivity contribution is 5.81. The van der Waals surface area contributed by atoms with Crippen molar-refractivity contribution in [2.75, 3.05) is 13.1 Å². The summed E-state index contributed by atoms with van der Waals surface area (Å²) in [6.45, 7) is 6.44. The molecule has 0 aromatic heterocycles. The normalized spacial score (nSPS) is 16.0. The minimum absolute atomic E-state index is 0.0419. The summed E-state index contributed by atoms with van der Waals surface area (Å²) in [6.07, 6.45) is 1.94. The number of fused-ring (bicyclic) bond motifs is 1. The van der Waals surface area contributed by atoms with E-state index in [4.69, 9.17) is 5.73 Å². The molecule has 0 atom stereocenters. The highest BCUT2D eigenvalue weighted by Crippen LogP contribution is 2.35. The van der Waals surface area contributed by atoms with Gasteiger partial charge in [0.05, 0.1) is 5.41 Å². The molecule has 22 heavy (non-hydrogen) atoms. The van der Waals surface area contributed by atoms with Crippen LogP contribution in [-0.4, -0.2) is 25.0 Å². The maximum Gasteiger partial charge on any atom is 0.314 e. The minimum atomic E-state index is -0.745. The number of nitrogens with one attached hydrogen (secondary N) is 2. The standard InChI is InChI=1S/C17H25N3O2/c1-16(2,14(18)21)10-19-15(22)20-11-17(3)8-12-6-4-5-7-13(12)9-17/h4-7H,8-11H2,1-3H3,(H2,18,21)(H2,19,20,22).